The Bertz CT molecular complexity index is 426. The van der Waals surface area contributed by atoms with Crippen LogP contribution in [0.2, 0.25) is 12.6 Å². The lowest BCUT2D eigenvalue weighted by molar-refractivity contribution is 0.188. The van der Waals surface area contributed by atoms with Gasteiger partial charge in [-0.1, -0.05) is 6.42 Å². The minimum atomic E-state index is -2.13. The highest BCUT2D eigenvalue weighted by Crippen LogP contribution is 2.20. The Labute approximate surface area is 125 Å². The summed E-state index contributed by atoms with van der Waals surface area (Å²) in [4.78, 5) is 0. The zero-order chi connectivity index (χ0) is 15.9. The molecule has 0 aliphatic carbocycles. The second-order valence-corrected chi connectivity index (χ2v) is 8.43. The molecule has 2 nitrogen and oxygen atoms in total. The Morgan fingerprint density at radius 2 is 1.48 bits per heavy atom. The number of hydrogen-bond acceptors (Lipinski definition) is 2. The van der Waals surface area contributed by atoms with Gasteiger partial charge in [0.15, 0.2) is 17.5 Å². The molecule has 0 saturated carbocycles. The Balaban J connectivity index is 2.46. The number of aryl methyl sites for hydroxylation is 1. The largest absolute Gasteiger partial charge is 0.395 e. The molecule has 0 unspecified atom stereocenters. The van der Waals surface area contributed by atoms with E-state index in [-0.39, 0.29) is 0 Å². The first-order valence-electron chi connectivity index (χ1n) is 7.33. The van der Waals surface area contributed by atoms with Gasteiger partial charge in [-0.2, -0.15) is 0 Å². The van der Waals surface area contributed by atoms with Crippen LogP contribution in [0.25, 0.3) is 0 Å². The van der Waals surface area contributed by atoms with Gasteiger partial charge in [0, 0.05) is 13.2 Å². The average Bonchev–Trinajstić information content (AvgIpc) is 2.41. The highest BCUT2D eigenvalue weighted by Gasteiger charge is 2.29. The molecule has 0 radical (unpaired) electrons. The fourth-order valence-corrected chi connectivity index (χ4v) is 4.81. The lowest BCUT2D eigenvalue weighted by atomic mass is 10.1. The molecule has 0 bridgehead atoms. The molecule has 1 aromatic rings. The van der Waals surface area contributed by atoms with Gasteiger partial charge in [0.2, 0.25) is 0 Å². The summed E-state index contributed by atoms with van der Waals surface area (Å²) in [7, 11) is -2.13. The topological polar surface area (TPSA) is 18.5 Å². The van der Waals surface area contributed by atoms with Gasteiger partial charge < -0.3 is 8.85 Å². The zero-order valence-electron chi connectivity index (χ0n) is 12.8. The predicted octanol–water partition coefficient (Wildman–Crippen LogP) is 4.57. The molecule has 0 aliphatic heterocycles. The molecule has 0 heterocycles. The van der Waals surface area contributed by atoms with Crippen molar-refractivity contribution < 1.29 is 22.0 Å². The van der Waals surface area contributed by atoms with E-state index in [0.29, 0.717) is 25.2 Å². The molecule has 1 aromatic carbocycles. The molecule has 120 valence electrons. The minimum absolute atomic E-state index is 0.475. The van der Waals surface area contributed by atoms with Gasteiger partial charge in [-0.15, -0.1) is 0 Å². The van der Waals surface area contributed by atoms with Crippen molar-refractivity contribution in [3.05, 3.63) is 35.1 Å². The molecule has 21 heavy (non-hydrogen) atoms. The van der Waals surface area contributed by atoms with Crippen LogP contribution in [0.5, 0.6) is 0 Å². The van der Waals surface area contributed by atoms with E-state index >= 15 is 0 Å². The van der Waals surface area contributed by atoms with Crippen LogP contribution in [0.3, 0.4) is 0 Å². The fourth-order valence-electron chi connectivity index (χ4n) is 2.32. The van der Waals surface area contributed by atoms with Crippen LogP contribution in [-0.4, -0.2) is 21.8 Å². The van der Waals surface area contributed by atoms with Crippen molar-refractivity contribution in [2.75, 3.05) is 13.2 Å². The van der Waals surface area contributed by atoms with E-state index in [4.69, 9.17) is 8.85 Å². The first-order valence-corrected chi connectivity index (χ1v) is 9.85. The maximum absolute atomic E-state index is 13.1. The van der Waals surface area contributed by atoms with Gasteiger partial charge in [0.25, 0.3) is 0 Å². The normalized spacial score (nSPS) is 11.9. The van der Waals surface area contributed by atoms with Crippen LogP contribution >= 0.6 is 0 Å². The lowest BCUT2D eigenvalue weighted by Crippen LogP contribution is -2.38. The van der Waals surface area contributed by atoms with Crippen LogP contribution in [0, 0.1) is 17.5 Å². The van der Waals surface area contributed by atoms with Crippen molar-refractivity contribution in [1.29, 1.82) is 0 Å². The zero-order valence-corrected chi connectivity index (χ0v) is 13.8. The van der Waals surface area contributed by atoms with Gasteiger partial charge in [0.1, 0.15) is 0 Å². The molecule has 0 saturated heterocycles. The smallest absolute Gasteiger partial charge is 0.334 e. The highest BCUT2D eigenvalue weighted by atomic mass is 28.4. The van der Waals surface area contributed by atoms with Crippen LogP contribution in [0.1, 0.15) is 32.3 Å². The van der Waals surface area contributed by atoms with E-state index in [0.717, 1.165) is 31.0 Å². The highest BCUT2D eigenvalue weighted by molar-refractivity contribution is 6.66. The summed E-state index contributed by atoms with van der Waals surface area (Å²) < 4.78 is 50.5. The molecule has 0 aliphatic rings. The van der Waals surface area contributed by atoms with Crippen molar-refractivity contribution in [2.24, 2.45) is 0 Å². The summed E-state index contributed by atoms with van der Waals surface area (Å²) in [5.41, 5.74) is 0.475. The standard InChI is InChI=1S/C15H23F3O2Si/c1-4-19-21(3,20-5-2)9-7-6-8-12-10-13(16)15(18)14(17)11-12/h10-11H,4-9H2,1-3H3. The SMILES string of the molecule is CCO[Si](C)(CCCCc1cc(F)c(F)c(F)c1)OCC. The van der Waals surface area contributed by atoms with Crippen molar-refractivity contribution in [2.45, 2.75) is 45.7 Å². The molecule has 1 rings (SSSR count). The number of halogens is 3. The average molecular weight is 320 g/mol. The van der Waals surface area contributed by atoms with E-state index in [9.17, 15) is 13.2 Å². The molecule has 6 heteroatoms. The monoisotopic (exact) mass is 320 g/mol. The van der Waals surface area contributed by atoms with Gasteiger partial charge in [-0.05, 0) is 57.0 Å². The van der Waals surface area contributed by atoms with Crippen LogP contribution in [0.4, 0.5) is 13.2 Å². The van der Waals surface area contributed by atoms with Crippen molar-refractivity contribution in [3.8, 4) is 0 Å². The minimum Gasteiger partial charge on any atom is -0.395 e. The lowest BCUT2D eigenvalue weighted by Gasteiger charge is -2.25. The molecule has 0 atom stereocenters. The van der Waals surface area contributed by atoms with Crippen LogP contribution < -0.4 is 0 Å². The quantitative estimate of drug-likeness (QED) is 0.377. The van der Waals surface area contributed by atoms with Crippen molar-refractivity contribution in [1.82, 2.24) is 0 Å². The molecule has 0 fully saturated rings. The number of hydrogen-bond donors (Lipinski definition) is 0. The maximum atomic E-state index is 13.1. The second kappa shape index (κ2) is 8.56. The number of unbranched alkanes of at least 4 members (excludes halogenated alkanes) is 1. The van der Waals surface area contributed by atoms with Gasteiger partial charge in [0.05, 0.1) is 0 Å². The third kappa shape index (κ3) is 5.80. The first-order chi connectivity index (χ1) is 9.91. The Morgan fingerprint density at radius 3 is 1.95 bits per heavy atom. The Hall–Kier alpha value is -0.853. The molecular weight excluding hydrogens is 297 g/mol. The summed E-state index contributed by atoms with van der Waals surface area (Å²) in [6, 6.07) is 2.95. The molecule has 0 N–H and O–H groups in total. The summed E-state index contributed by atoms with van der Waals surface area (Å²) in [5, 5.41) is 0. The van der Waals surface area contributed by atoms with Crippen molar-refractivity contribution in [3.63, 3.8) is 0 Å². The number of rotatable bonds is 9. The molecule has 0 aromatic heterocycles. The van der Waals surface area contributed by atoms with E-state index in [2.05, 4.69) is 0 Å². The Morgan fingerprint density at radius 1 is 0.952 bits per heavy atom. The summed E-state index contributed by atoms with van der Waals surface area (Å²) >= 11 is 0. The van der Waals surface area contributed by atoms with E-state index < -0.39 is 26.0 Å². The van der Waals surface area contributed by atoms with Gasteiger partial charge >= 0.3 is 8.56 Å². The maximum Gasteiger partial charge on any atom is 0.334 e. The second-order valence-electron chi connectivity index (χ2n) is 5.08. The summed E-state index contributed by atoms with van der Waals surface area (Å²) in [6.45, 7) is 7.15. The Kier molecular flexibility index (Phi) is 7.41. The van der Waals surface area contributed by atoms with E-state index in [1.807, 2.05) is 20.4 Å². The summed E-state index contributed by atoms with van der Waals surface area (Å²) in [6.07, 6.45) is 2.12. The fraction of sp³-hybridized carbons (Fsp3) is 0.600. The molecule has 0 amide bonds. The molecular formula is C15H23F3O2Si. The van der Waals surface area contributed by atoms with E-state index in [1.54, 1.807) is 0 Å². The summed E-state index contributed by atoms with van der Waals surface area (Å²) in [5.74, 6) is -3.67. The molecule has 0 spiro atoms. The van der Waals surface area contributed by atoms with Crippen molar-refractivity contribution >= 4 is 8.56 Å². The first kappa shape index (κ1) is 18.2. The third-order valence-electron chi connectivity index (χ3n) is 3.29. The van der Waals surface area contributed by atoms with Gasteiger partial charge in [-0.25, -0.2) is 13.2 Å². The third-order valence-corrected chi connectivity index (χ3v) is 6.35. The van der Waals surface area contributed by atoms with Crippen LogP contribution in [-0.2, 0) is 15.3 Å². The number of benzene rings is 1. The van der Waals surface area contributed by atoms with E-state index in [1.165, 1.54) is 0 Å². The van der Waals surface area contributed by atoms with Gasteiger partial charge in [-0.3, -0.25) is 0 Å². The predicted molar refractivity (Wildman–Crippen MR) is 78.9 cm³/mol. The van der Waals surface area contributed by atoms with Crippen LogP contribution in [0.15, 0.2) is 12.1 Å².